The Morgan fingerprint density at radius 1 is 1.07 bits per heavy atom. The Labute approximate surface area is 183 Å². The van der Waals surface area contributed by atoms with Crippen molar-refractivity contribution in [2.75, 3.05) is 44.2 Å². The van der Waals surface area contributed by atoms with Crippen molar-refractivity contribution in [3.8, 4) is 0 Å². The molecule has 5 nitrogen and oxygen atoms in total. The normalized spacial score (nSPS) is 19.5. The molecule has 2 aromatic rings. The lowest BCUT2D eigenvalue weighted by Crippen LogP contribution is -2.50. The predicted molar refractivity (Wildman–Crippen MR) is 120 cm³/mol. The second-order valence-corrected chi connectivity index (χ2v) is 8.71. The number of aryl methyl sites for hydroxylation is 1. The molecule has 0 saturated carbocycles. The highest BCUT2D eigenvalue weighted by Crippen LogP contribution is 2.24. The molecule has 0 aromatic heterocycles. The molecular formula is C24H28ClN3O2. The smallest absolute Gasteiger partial charge is 0.228 e. The molecule has 0 spiro atoms. The van der Waals surface area contributed by atoms with E-state index >= 15 is 0 Å². The van der Waals surface area contributed by atoms with E-state index in [1.54, 1.807) is 0 Å². The fraction of sp³-hybridized carbons (Fsp3) is 0.417. The van der Waals surface area contributed by atoms with Crippen molar-refractivity contribution >= 4 is 29.1 Å². The van der Waals surface area contributed by atoms with Crippen LogP contribution in [0.2, 0.25) is 5.02 Å². The molecule has 0 N–H and O–H groups in total. The van der Waals surface area contributed by atoms with E-state index in [4.69, 9.17) is 11.6 Å². The maximum Gasteiger partial charge on any atom is 0.228 e. The Balaban J connectivity index is 1.28. The van der Waals surface area contributed by atoms with Crippen LogP contribution in [0.4, 0.5) is 5.69 Å². The average Bonchev–Trinajstić information content (AvgIpc) is 3.13. The first-order valence-electron chi connectivity index (χ1n) is 10.6. The molecule has 1 unspecified atom stereocenters. The van der Waals surface area contributed by atoms with Gasteiger partial charge in [-0.05, 0) is 37.1 Å². The first-order chi connectivity index (χ1) is 14.5. The number of likely N-dealkylation sites (tertiary alicyclic amines) is 1. The van der Waals surface area contributed by atoms with Gasteiger partial charge in [0.05, 0.1) is 5.92 Å². The van der Waals surface area contributed by atoms with Gasteiger partial charge in [0.1, 0.15) is 0 Å². The quantitative estimate of drug-likeness (QED) is 0.737. The number of halogens is 1. The van der Waals surface area contributed by atoms with E-state index in [2.05, 4.69) is 36.1 Å². The lowest BCUT2D eigenvalue weighted by atomic mass is 10.1. The Bertz CT molecular complexity index is 907. The Morgan fingerprint density at radius 2 is 1.80 bits per heavy atom. The number of carbonyl (C=O) groups is 2. The van der Waals surface area contributed by atoms with Crippen LogP contribution in [0.5, 0.6) is 0 Å². The van der Waals surface area contributed by atoms with Crippen LogP contribution >= 0.6 is 11.6 Å². The van der Waals surface area contributed by atoms with Gasteiger partial charge in [0.15, 0.2) is 0 Å². The van der Waals surface area contributed by atoms with Gasteiger partial charge in [-0.15, -0.1) is 0 Å². The van der Waals surface area contributed by atoms with Crippen LogP contribution < -0.4 is 4.90 Å². The lowest BCUT2D eigenvalue weighted by molar-refractivity contribution is -0.136. The maximum absolute atomic E-state index is 13.0. The Hall–Kier alpha value is -2.53. The molecule has 0 aliphatic carbocycles. The summed E-state index contributed by atoms with van der Waals surface area (Å²) in [6.45, 7) is 6.21. The van der Waals surface area contributed by atoms with Gasteiger partial charge in [-0.1, -0.05) is 47.5 Å². The number of benzene rings is 2. The zero-order valence-corrected chi connectivity index (χ0v) is 18.1. The zero-order valence-electron chi connectivity index (χ0n) is 17.4. The molecule has 2 amide bonds. The summed E-state index contributed by atoms with van der Waals surface area (Å²) >= 11 is 6.10. The summed E-state index contributed by atoms with van der Waals surface area (Å²) in [5.74, 6) is -0.00167. The van der Waals surface area contributed by atoms with E-state index in [1.165, 1.54) is 11.1 Å². The van der Waals surface area contributed by atoms with Gasteiger partial charge in [0.2, 0.25) is 11.8 Å². The van der Waals surface area contributed by atoms with Crippen LogP contribution in [0.25, 0.3) is 0 Å². The Kier molecular flexibility index (Phi) is 6.28. The molecule has 30 heavy (non-hydrogen) atoms. The van der Waals surface area contributed by atoms with Crippen LogP contribution in [0.3, 0.4) is 0 Å². The molecule has 2 heterocycles. The average molecular weight is 426 g/mol. The number of anilines is 1. The van der Waals surface area contributed by atoms with Crippen molar-refractivity contribution in [2.24, 2.45) is 5.92 Å². The third kappa shape index (κ3) is 4.78. The second-order valence-electron chi connectivity index (χ2n) is 8.27. The largest absolute Gasteiger partial charge is 0.368 e. The molecule has 0 bridgehead atoms. The number of amides is 2. The standard InChI is InChI=1S/C24H28ClN3O2/c1-18-5-7-19(8-6-18)9-10-28-17-20(15-23(28)29)24(30)27-13-11-26(12-14-27)22-4-2-3-21(25)16-22/h2-8,16,20H,9-15,17H2,1H3. The predicted octanol–water partition coefficient (Wildman–Crippen LogP) is 3.39. The summed E-state index contributed by atoms with van der Waals surface area (Å²) in [6.07, 6.45) is 1.16. The summed E-state index contributed by atoms with van der Waals surface area (Å²) < 4.78 is 0. The number of rotatable bonds is 5. The molecule has 158 valence electrons. The molecule has 2 aromatic carbocycles. The first-order valence-corrected chi connectivity index (χ1v) is 11.0. The van der Waals surface area contributed by atoms with Crippen molar-refractivity contribution in [2.45, 2.75) is 19.8 Å². The molecule has 2 saturated heterocycles. The fourth-order valence-electron chi connectivity index (χ4n) is 4.29. The van der Waals surface area contributed by atoms with E-state index in [0.29, 0.717) is 32.6 Å². The fourth-order valence-corrected chi connectivity index (χ4v) is 4.47. The van der Waals surface area contributed by atoms with Gasteiger partial charge in [-0.3, -0.25) is 9.59 Å². The van der Waals surface area contributed by atoms with Crippen molar-refractivity contribution in [3.05, 3.63) is 64.7 Å². The van der Waals surface area contributed by atoms with Gasteiger partial charge in [0, 0.05) is 56.4 Å². The summed E-state index contributed by atoms with van der Waals surface area (Å²) in [5.41, 5.74) is 3.55. The number of nitrogens with zero attached hydrogens (tertiary/aromatic N) is 3. The number of carbonyl (C=O) groups excluding carboxylic acids is 2. The van der Waals surface area contributed by atoms with E-state index in [1.807, 2.05) is 34.1 Å². The van der Waals surface area contributed by atoms with Crippen LogP contribution in [0.1, 0.15) is 17.5 Å². The monoisotopic (exact) mass is 425 g/mol. The van der Waals surface area contributed by atoms with Gasteiger partial charge in [-0.25, -0.2) is 0 Å². The third-order valence-corrected chi connectivity index (χ3v) is 6.35. The van der Waals surface area contributed by atoms with Crippen molar-refractivity contribution < 1.29 is 9.59 Å². The molecule has 2 aliphatic rings. The van der Waals surface area contributed by atoms with Crippen LogP contribution in [0, 0.1) is 12.8 Å². The van der Waals surface area contributed by atoms with E-state index in [0.717, 1.165) is 30.2 Å². The van der Waals surface area contributed by atoms with Gasteiger partial charge in [-0.2, -0.15) is 0 Å². The topological polar surface area (TPSA) is 43.9 Å². The second kappa shape index (κ2) is 9.09. The summed E-state index contributed by atoms with van der Waals surface area (Å²) in [4.78, 5) is 31.5. The number of hydrogen-bond acceptors (Lipinski definition) is 3. The minimum Gasteiger partial charge on any atom is -0.368 e. The molecule has 1 atom stereocenters. The maximum atomic E-state index is 13.0. The lowest BCUT2D eigenvalue weighted by Gasteiger charge is -2.37. The van der Waals surface area contributed by atoms with Crippen LogP contribution in [-0.2, 0) is 16.0 Å². The molecule has 2 fully saturated rings. The highest BCUT2D eigenvalue weighted by Gasteiger charge is 2.37. The van der Waals surface area contributed by atoms with Gasteiger partial charge in [0.25, 0.3) is 0 Å². The Morgan fingerprint density at radius 3 is 2.50 bits per heavy atom. The minimum atomic E-state index is -0.215. The molecule has 0 radical (unpaired) electrons. The number of piperazine rings is 1. The molecule has 2 aliphatic heterocycles. The summed E-state index contributed by atoms with van der Waals surface area (Å²) in [7, 11) is 0. The molecular weight excluding hydrogens is 398 g/mol. The third-order valence-electron chi connectivity index (χ3n) is 6.12. The first kappa shape index (κ1) is 20.7. The van der Waals surface area contributed by atoms with Gasteiger partial charge >= 0.3 is 0 Å². The highest BCUT2D eigenvalue weighted by atomic mass is 35.5. The molecule has 6 heteroatoms. The number of hydrogen-bond donors (Lipinski definition) is 0. The summed E-state index contributed by atoms with van der Waals surface area (Å²) in [6, 6.07) is 16.2. The van der Waals surface area contributed by atoms with E-state index in [-0.39, 0.29) is 17.7 Å². The minimum absolute atomic E-state index is 0.0954. The van der Waals surface area contributed by atoms with Gasteiger partial charge < -0.3 is 14.7 Å². The van der Waals surface area contributed by atoms with E-state index in [9.17, 15) is 9.59 Å². The zero-order chi connectivity index (χ0) is 21.1. The molecule has 4 rings (SSSR count). The van der Waals surface area contributed by atoms with Crippen molar-refractivity contribution in [1.29, 1.82) is 0 Å². The van der Waals surface area contributed by atoms with Crippen molar-refractivity contribution in [3.63, 3.8) is 0 Å². The summed E-state index contributed by atoms with van der Waals surface area (Å²) in [5, 5.41) is 0.723. The van der Waals surface area contributed by atoms with E-state index < -0.39 is 0 Å². The highest BCUT2D eigenvalue weighted by molar-refractivity contribution is 6.30. The van der Waals surface area contributed by atoms with Crippen LogP contribution in [0.15, 0.2) is 48.5 Å². The van der Waals surface area contributed by atoms with Crippen LogP contribution in [-0.4, -0.2) is 60.9 Å². The van der Waals surface area contributed by atoms with Crippen molar-refractivity contribution in [1.82, 2.24) is 9.80 Å². The SMILES string of the molecule is Cc1ccc(CCN2CC(C(=O)N3CCN(c4cccc(Cl)c4)CC3)CC2=O)cc1.